The Morgan fingerprint density at radius 1 is 1.60 bits per heavy atom. The summed E-state index contributed by atoms with van der Waals surface area (Å²) in [5.41, 5.74) is 6.52. The topological polar surface area (TPSA) is 76.4 Å². The number of piperidine rings is 1. The Balaban J connectivity index is 2.02. The highest BCUT2D eigenvalue weighted by atomic mass is 35.5. The standard InChI is InChI=1S/C14H20ClN3O2/c1-20-13-6-12(16)11(15)5-10(13)14(19)18-8-9-3-2-4-17-7-9/h5-6,9,17H,2-4,7-8,16H2,1H3,(H,18,19). The maximum Gasteiger partial charge on any atom is 0.255 e. The number of rotatable bonds is 4. The van der Waals surface area contributed by atoms with Crippen molar-refractivity contribution in [3.8, 4) is 5.75 Å². The van der Waals surface area contributed by atoms with Crippen molar-refractivity contribution in [1.82, 2.24) is 10.6 Å². The minimum atomic E-state index is -0.186. The van der Waals surface area contributed by atoms with Gasteiger partial charge in [0.2, 0.25) is 0 Å². The molecule has 4 N–H and O–H groups in total. The van der Waals surface area contributed by atoms with Crippen LogP contribution in [0.25, 0.3) is 0 Å². The van der Waals surface area contributed by atoms with Crippen LogP contribution in [0.5, 0.6) is 5.75 Å². The molecule has 0 aromatic heterocycles. The van der Waals surface area contributed by atoms with Gasteiger partial charge in [-0.2, -0.15) is 0 Å². The Hall–Kier alpha value is -1.46. The van der Waals surface area contributed by atoms with Gasteiger partial charge in [0.25, 0.3) is 5.91 Å². The number of hydrogen-bond donors (Lipinski definition) is 3. The summed E-state index contributed by atoms with van der Waals surface area (Å²) in [5, 5.41) is 6.61. The molecule has 0 aliphatic carbocycles. The van der Waals surface area contributed by atoms with E-state index in [1.54, 1.807) is 12.1 Å². The molecule has 5 nitrogen and oxygen atoms in total. The van der Waals surface area contributed by atoms with E-state index in [0.29, 0.717) is 34.5 Å². The summed E-state index contributed by atoms with van der Waals surface area (Å²) in [6.07, 6.45) is 2.28. The molecule has 6 heteroatoms. The number of nitrogens with two attached hydrogens (primary N) is 1. The van der Waals surface area contributed by atoms with Gasteiger partial charge in [-0.15, -0.1) is 0 Å². The number of hydrogen-bond acceptors (Lipinski definition) is 4. The van der Waals surface area contributed by atoms with Gasteiger partial charge in [0, 0.05) is 12.6 Å². The smallest absolute Gasteiger partial charge is 0.255 e. The zero-order valence-electron chi connectivity index (χ0n) is 11.5. The van der Waals surface area contributed by atoms with Crippen LogP contribution in [0.3, 0.4) is 0 Å². The molecule has 1 aromatic carbocycles. The van der Waals surface area contributed by atoms with Gasteiger partial charge < -0.3 is 21.1 Å². The molecule has 1 unspecified atom stereocenters. The summed E-state index contributed by atoms with van der Waals surface area (Å²) < 4.78 is 5.18. The number of carbonyl (C=O) groups excluding carboxylic acids is 1. The predicted molar refractivity (Wildman–Crippen MR) is 80.3 cm³/mol. The van der Waals surface area contributed by atoms with Crippen LogP contribution < -0.4 is 21.1 Å². The van der Waals surface area contributed by atoms with Crippen molar-refractivity contribution < 1.29 is 9.53 Å². The van der Waals surface area contributed by atoms with Crippen LogP contribution in [-0.2, 0) is 0 Å². The quantitative estimate of drug-likeness (QED) is 0.739. The molecule has 0 bridgehead atoms. The zero-order chi connectivity index (χ0) is 14.5. The fraction of sp³-hybridized carbons (Fsp3) is 0.500. The van der Waals surface area contributed by atoms with E-state index in [2.05, 4.69) is 10.6 Å². The third-order valence-corrected chi connectivity index (χ3v) is 3.84. The van der Waals surface area contributed by atoms with Gasteiger partial charge in [-0.25, -0.2) is 0 Å². The molecule has 1 amide bonds. The number of ether oxygens (including phenoxy) is 1. The fourth-order valence-electron chi connectivity index (χ4n) is 2.35. The molecule has 1 atom stereocenters. The molecule has 1 aromatic rings. The first-order valence-electron chi connectivity index (χ1n) is 6.73. The van der Waals surface area contributed by atoms with Gasteiger partial charge in [0.05, 0.1) is 23.4 Å². The van der Waals surface area contributed by atoms with E-state index in [9.17, 15) is 4.79 Å². The van der Waals surface area contributed by atoms with Crippen LogP contribution in [0, 0.1) is 5.92 Å². The van der Waals surface area contributed by atoms with Gasteiger partial charge in [-0.1, -0.05) is 11.6 Å². The highest BCUT2D eigenvalue weighted by Gasteiger charge is 2.18. The van der Waals surface area contributed by atoms with Crippen molar-refractivity contribution >= 4 is 23.2 Å². The maximum absolute atomic E-state index is 12.2. The molecule has 0 radical (unpaired) electrons. The molecule has 1 aliphatic rings. The van der Waals surface area contributed by atoms with E-state index < -0.39 is 0 Å². The summed E-state index contributed by atoms with van der Waals surface area (Å²) in [7, 11) is 1.50. The molecule has 0 saturated carbocycles. The summed E-state index contributed by atoms with van der Waals surface area (Å²) in [6.45, 7) is 2.66. The van der Waals surface area contributed by atoms with Crippen molar-refractivity contribution in [1.29, 1.82) is 0 Å². The lowest BCUT2D eigenvalue weighted by Gasteiger charge is -2.23. The lowest BCUT2D eigenvalue weighted by atomic mass is 9.99. The van der Waals surface area contributed by atoms with Crippen LogP contribution in [0.15, 0.2) is 12.1 Å². The average Bonchev–Trinajstić information content (AvgIpc) is 2.48. The average molecular weight is 298 g/mol. The van der Waals surface area contributed by atoms with Crippen molar-refractivity contribution in [3.63, 3.8) is 0 Å². The second kappa shape index (κ2) is 6.81. The van der Waals surface area contributed by atoms with Crippen LogP contribution in [0.2, 0.25) is 5.02 Å². The number of anilines is 1. The van der Waals surface area contributed by atoms with E-state index in [1.165, 1.54) is 7.11 Å². The minimum absolute atomic E-state index is 0.186. The monoisotopic (exact) mass is 297 g/mol. The van der Waals surface area contributed by atoms with E-state index >= 15 is 0 Å². The van der Waals surface area contributed by atoms with E-state index in [1.807, 2.05) is 0 Å². The summed E-state index contributed by atoms with van der Waals surface area (Å²) in [4.78, 5) is 12.2. The molecule has 0 spiro atoms. The molecule has 110 valence electrons. The second-order valence-electron chi connectivity index (χ2n) is 5.00. The van der Waals surface area contributed by atoms with Gasteiger partial charge in [-0.05, 0) is 37.9 Å². The molecular formula is C14H20ClN3O2. The van der Waals surface area contributed by atoms with Crippen LogP contribution >= 0.6 is 11.6 Å². The number of methoxy groups -OCH3 is 1. The number of halogens is 1. The molecule has 1 aliphatic heterocycles. The van der Waals surface area contributed by atoms with E-state index in [0.717, 1.165) is 25.9 Å². The van der Waals surface area contributed by atoms with Crippen molar-refractivity contribution in [3.05, 3.63) is 22.7 Å². The highest BCUT2D eigenvalue weighted by molar-refractivity contribution is 6.33. The summed E-state index contributed by atoms with van der Waals surface area (Å²) in [6, 6.07) is 3.11. The first kappa shape index (κ1) is 14.9. The maximum atomic E-state index is 12.2. The molecular weight excluding hydrogens is 278 g/mol. The van der Waals surface area contributed by atoms with Crippen LogP contribution in [0.4, 0.5) is 5.69 Å². The summed E-state index contributed by atoms with van der Waals surface area (Å²) in [5.74, 6) is 0.725. The number of nitrogen functional groups attached to an aromatic ring is 1. The van der Waals surface area contributed by atoms with Gasteiger partial charge in [-0.3, -0.25) is 4.79 Å². The number of amides is 1. The minimum Gasteiger partial charge on any atom is -0.496 e. The Morgan fingerprint density at radius 2 is 2.40 bits per heavy atom. The lowest BCUT2D eigenvalue weighted by Crippen LogP contribution is -2.38. The SMILES string of the molecule is COc1cc(N)c(Cl)cc1C(=O)NCC1CCCNC1. The lowest BCUT2D eigenvalue weighted by molar-refractivity contribution is 0.0942. The number of carbonyl (C=O) groups is 1. The first-order valence-corrected chi connectivity index (χ1v) is 7.11. The largest absolute Gasteiger partial charge is 0.496 e. The molecule has 2 rings (SSSR count). The van der Waals surface area contributed by atoms with Gasteiger partial charge in [0.1, 0.15) is 5.75 Å². The molecule has 1 heterocycles. The first-order chi connectivity index (χ1) is 9.61. The van der Waals surface area contributed by atoms with Crippen LogP contribution in [0.1, 0.15) is 23.2 Å². The Morgan fingerprint density at radius 3 is 3.05 bits per heavy atom. The normalized spacial score (nSPS) is 18.6. The van der Waals surface area contributed by atoms with Crippen molar-refractivity contribution in [2.75, 3.05) is 32.5 Å². The summed E-state index contributed by atoms with van der Waals surface area (Å²) >= 11 is 5.97. The molecule has 1 fully saturated rings. The van der Waals surface area contributed by atoms with E-state index in [4.69, 9.17) is 22.1 Å². The van der Waals surface area contributed by atoms with E-state index in [-0.39, 0.29) is 5.91 Å². The second-order valence-corrected chi connectivity index (χ2v) is 5.40. The molecule has 1 saturated heterocycles. The molecule has 20 heavy (non-hydrogen) atoms. The van der Waals surface area contributed by atoms with Crippen molar-refractivity contribution in [2.24, 2.45) is 5.92 Å². The van der Waals surface area contributed by atoms with Gasteiger partial charge in [0.15, 0.2) is 0 Å². The number of nitrogens with one attached hydrogen (secondary N) is 2. The number of benzene rings is 1. The van der Waals surface area contributed by atoms with Gasteiger partial charge >= 0.3 is 0 Å². The highest BCUT2D eigenvalue weighted by Crippen LogP contribution is 2.28. The van der Waals surface area contributed by atoms with Crippen molar-refractivity contribution in [2.45, 2.75) is 12.8 Å². The third-order valence-electron chi connectivity index (χ3n) is 3.51. The zero-order valence-corrected chi connectivity index (χ0v) is 12.3. The fourth-order valence-corrected chi connectivity index (χ4v) is 2.51. The van der Waals surface area contributed by atoms with Crippen LogP contribution in [-0.4, -0.2) is 32.7 Å². The third kappa shape index (κ3) is 3.55. The predicted octanol–water partition coefficient (Wildman–Crippen LogP) is 1.66. The Bertz CT molecular complexity index is 488. The Labute approximate surface area is 123 Å². The Kier molecular flexibility index (Phi) is 5.09.